The average molecular weight is 359 g/mol. The molecule has 0 aliphatic carbocycles. The van der Waals surface area contributed by atoms with Gasteiger partial charge >= 0.3 is 0 Å². The quantitative estimate of drug-likeness (QED) is 0.734. The summed E-state index contributed by atoms with van der Waals surface area (Å²) in [5.74, 6) is -0.722. The van der Waals surface area contributed by atoms with Crippen molar-refractivity contribution >= 4 is 34.1 Å². The molecule has 4 nitrogen and oxygen atoms in total. The molecular formula is C19H16ClFN2O2. The molecule has 0 saturated heterocycles. The molecule has 3 aromatic rings. The number of aromatic amines is 1. The molecule has 1 amide bonds. The molecular weight excluding hydrogens is 343 g/mol. The number of benzene rings is 2. The number of aryl methyl sites for hydroxylation is 2. The molecule has 3 rings (SSSR count). The molecule has 0 aliphatic rings. The fourth-order valence-electron chi connectivity index (χ4n) is 2.57. The molecule has 0 aliphatic heterocycles. The van der Waals surface area contributed by atoms with Crippen LogP contribution in [0.15, 0.2) is 47.3 Å². The van der Waals surface area contributed by atoms with Crippen molar-refractivity contribution < 1.29 is 9.18 Å². The van der Waals surface area contributed by atoms with Gasteiger partial charge in [0, 0.05) is 23.2 Å². The van der Waals surface area contributed by atoms with Crippen LogP contribution >= 0.6 is 11.6 Å². The molecule has 0 atom stereocenters. The first-order valence-corrected chi connectivity index (χ1v) is 8.17. The number of hydrogen-bond donors (Lipinski definition) is 2. The van der Waals surface area contributed by atoms with Crippen molar-refractivity contribution in [1.82, 2.24) is 4.98 Å². The standard InChI is InChI=1S/C19H16ClFN2O2/c1-11-8-13-4-2-12(9-17(13)23-19(11)25)3-7-18(24)22-14-5-6-16(21)15(20)10-14/h2,4-6,8-10H,3,7H2,1H3,(H,22,24)(H,23,25). The number of carbonyl (C=O) groups is 1. The van der Waals surface area contributed by atoms with Crippen LogP contribution < -0.4 is 10.9 Å². The van der Waals surface area contributed by atoms with Gasteiger partial charge in [-0.15, -0.1) is 0 Å². The van der Waals surface area contributed by atoms with E-state index in [1.54, 1.807) is 6.92 Å². The van der Waals surface area contributed by atoms with Crippen molar-refractivity contribution in [3.8, 4) is 0 Å². The van der Waals surface area contributed by atoms with Gasteiger partial charge < -0.3 is 10.3 Å². The van der Waals surface area contributed by atoms with Gasteiger partial charge in [-0.1, -0.05) is 23.7 Å². The van der Waals surface area contributed by atoms with Gasteiger partial charge in [-0.3, -0.25) is 9.59 Å². The minimum absolute atomic E-state index is 0.0356. The average Bonchev–Trinajstić information content (AvgIpc) is 2.57. The van der Waals surface area contributed by atoms with E-state index in [2.05, 4.69) is 10.3 Å². The molecule has 0 fully saturated rings. The minimum atomic E-state index is -0.528. The van der Waals surface area contributed by atoms with Gasteiger partial charge in [-0.25, -0.2) is 4.39 Å². The van der Waals surface area contributed by atoms with Crippen molar-refractivity contribution in [3.05, 3.63) is 74.8 Å². The van der Waals surface area contributed by atoms with E-state index in [9.17, 15) is 14.0 Å². The minimum Gasteiger partial charge on any atom is -0.326 e. The summed E-state index contributed by atoms with van der Waals surface area (Å²) >= 11 is 5.69. The summed E-state index contributed by atoms with van der Waals surface area (Å²) in [7, 11) is 0. The molecule has 0 radical (unpaired) electrons. The summed E-state index contributed by atoms with van der Waals surface area (Å²) < 4.78 is 13.1. The molecule has 0 saturated carbocycles. The highest BCUT2D eigenvalue weighted by molar-refractivity contribution is 6.31. The second-order valence-corrected chi connectivity index (χ2v) is 6.29. The summed E-state index contributed by atoms with van der Waals surface area (Å²) in [5.41, 5.74) is 2.70. The first-order valence-electron chi connectivity index (χ1n) is 7.80. The Balaban J connectivity index is 1.67. The number of amides is 1. The second kappa shape index (κ2) is 7.07. The Hall–Kier alpha value is -2.66. The van der Waals surface area contributed by atoms with E-state index < -0.39 is 5.82 Å². The van der Waals surface area contributed by atoms with Crippen molar-refractivity contribution in [1.29, 1.82) is 0 Å². The smallest absolute Gasteiger partial charge is 0.251 e. The maximum absolute atomic E-state index is 13.1. The largest absolute Gasteiger partial charge is 0.326 e. The van der Waals surface area contributed by atoms with E-state index in [1.807, 2.05) is 24.3 Å². The molecule has 128 valence electrons. The van der Waals surface area contributed by atoms with E-state index in [4.69, 9.17) is 11.6 Å². The Labute approximate surface area is 148 Å². The summed E-state index contributed by atoms with van der Waals surface area (Å²) in [4.78, 5) is 26.6. The zero-order valence-electron chi connectivity index (χ0n) is 13.5. The van der Waals surface area contributed by atoms with Crippen LogP contribution in [-0.2, 0) is 11.2 Å². The third-order valence-electron chi connectivity index (χ3n) is 3.94. The summed E-state index contributed by atoms with van der Waals surface area (Å²) in [6.07, 6.45) is 0.781. The maximum atomic E-state index is 13.1. The van der Waals surface area contributed by atoms with Crippen LogP contribution in [-0.4, -0.2) is 10.9 Å². The Morgan fingerprint density at radius 2 is 2.00 bits per heavy atom. The van der Waals surface area contributed by atoms with Gasteiger partial charge in [0.2, 0.25) is 5.91 Å². The number of rotatable bonds is 4. The third kappa shape index (κ3) is 4.06. The third-order valence-corrected chi connectivity index (χ3v) is 4.23. The van der Waals surface area contributed by atoms with E-state index >= 15 is 0 Å². The molecule has 25 heavy (non-hydrogen) atoms. The van der Waals surface area contributed by atoms with Gasteiger partial charge in [0.25, 0.3) is 5.56 Å². The number of H-pyrrole nitrogens is 1. The van der Waals surface area contributed by atoms with E-state index in [-0.39, 0.29) is 22.9 Å². The predicted molar refractivity (Wildman–Crippen MR) is 97.7 cm³/mol. The Bertz CT molecular complexity index is 1010. The fourth-order valence-corrected chi connectivity index (χ4v) is 2.75. The number of fused-ring (bicyclic) bond motifs is 1. The number of nitrogens with one attached hydrogen (secondary N) is 2. The van der Waals surface area contributed by atoms with Gasteiger partial charge in [0.1, 0.15) is 5.82 Å². The molecule has 2 aromatic carbocycles. The van der Waals surface area contributed by atoms with E-state index in [1.165, 1.54) is 18.2 Å². The van der Waals surface area contributed by atoms with Crippen LogP contribution in [0.2, 0.25) is 5.02 Å². The second-order valence-electron chi connectivity index (χ2n) is 5.88. The Morgan fingerprint density at radius 1 is 1.20 bits per heavy atom. The summed E-state index contributed by atoms with van der Waals surface area (Å²) in [5, 5.41) is 3.60. The summed E-state index contributed by atoms with van der Waals surface area (Å²) in [6, 6.07) is 11.6. The van der Waals surface area contributed by atoms with Crippen LogP contribution in [0, 0.1) is 12.7 Å². The normalized spacial score (nSPS) is 10.8. The molecule has 2 N–H and O–H groups in total. The highest BCUT2D eigenvalue weighted by Gasteiger charge is 2.07. The van der Waals surface area contributed by atoms with Crippen molar-refractivity contribution in [3.63, 3.8) is 0 Å². The number of anilines is 1. The lowest BCUT2D eigenvalue weighted by Crippen LogP contribution is -2.12. The predicted octanol–water partition coefficient (Wildman–Crippen LogP) is 4.20. The van der Waals surface area contributed by atoms with E-state index in [0.717, 1.165) is 16.5 Å². The van der Waals surface area contributed by atoms with E-state index in [0.29, 0.717) is 17.7 Å². The number of halogens is 2. The van der Waals surface area contributed by atoms with Crippen LogP contribution in [0.3, 0.4) is 0 Å². The molecule has 1 heterocycles. The topological polar surface area (TPSA) is 62.0 Å². The Morgan fingerprint density at radius 3 is 2.76 bits per heavy atom. The summed E-state index contributed by atoms with van der Waals surface area (Å²) in [6.45, 7) is 1.76. The number of carbonyl (C=O) groups excluding carboxylic acids is 1. The Kier molecular flexibility index (Phi) is 4.86. The van der Waals surface area contributed by atoms with Gasteiger partial charge in [-0.05, 0) is 54.6 Å². The van der Waals surface area contributed by atoms with Gasteiger partial charge in [0.15, 0.2) is 0 Å². The fraction of sp³-hybridized carbons (Fsp3) is 0.158. The van der Waals surface area contributed by atoms with Gasteiger partial charge in [-0.2, -0.15) is 0 Å². The van der Waals surface area contributed by atoms with Crippen molar-refractivity contribution in [2.24, 2.45) is 0 Å². The van der Waals surface area contributed by atoms with Crippen LogP contribution in [0.5, 0.6) is 0 Å². The lowest BCUT2D eigenvalue weighted by Gasteiger charge is -2.07. The van der Waals surface area contributed by atoms with Crippen LogP contribution in [0.4, 0.5) is 10.1 Å². The number of pyridine rings is 1. The van der Waals surface area contributed by atoms with Crippen molar-refractivity contribution in [2.45, 2.75) is 19.8 Å². The highest BCUT2D eigenvalue weighted by atomic mass is 35.5. The molecule has 0 unspecified atom stereocenters. The first-order chi connectivity index (χ1) is 11.9. The lowest BCUT2D eigenvalue weighted by molar-refractivity contribution is -0.116. The van der Waals surface area contributed by atoms with Gasteiger partial charge in [0.05, 0.1) is 5.02 Å². The highest BCUT2D eigenvalue weighted by Crippen LogP contribution is 2.20. The SMILES string of the molecule is Cc1cc2ccc(CCC(=O)Nc3ccc(F)c(Cl)c3)cc2[nH]c1=O. The van der Waals surface area contributed by atoms with Crippen molar-refractivity contribution in [2.75, 3.05) is 5.32 Å². The maximum Gasteiger partial charge on any atom is 0.251 e. The van der Waals surface area contributed by atoms with Crippen LogP contribution in [0.25, 0.3) is 10.9 Å². The monoisotopic (exact) mass is 358 g/mol. The molecule has 0 spiro atoms. The molecule has 1 aromatic heterocycles. The first kappa shape index (κ1) is 17.2. The zero-order valence-corrected chi connectivity index (χ0v) is 14.3. The lowest BCUT2D eigenvalue weighted by atomic mass is 10.1. The molecule has 0 bridgehead atoms. The molecule has 6 heteroatoms. The number of hydrogen-bond acceptors (Lipinski definition) is 2. The van der Waals surface area contributed by atoms with Crippen LogP contribution in [0.1, 0.15) is 17.5 Å². The number of aromatic nitrogens is 1. The zero-order chi connectivity index (χ0) is 18.0.